The van der Waals surface area contributed by atoms with Crippen LogP contribution < -0.4 is 0 Å². The fraction of sp³-hybridized carbons (Fsp3) is 0.833. The van der Waals surface area contributed by atoms with Gasteiger partial charge in [0.2, 0.25) is 5.91 Å². The van der Waals surface area contributed by atoms with Crippen molar-refractivity contribution in [2.75, 3.05) is 18.1 Å². The highest BCUT2D eigenvalue weighted by Gasteiger charge is 2.31. The van der Waals surface area contributed by atoms with Gasteiger partial charge in [-0.05, 0) is 6.42 Å². The molecule has 1 fully saturated rings. The van der Waals surface area contributed by atoms with Crippen LogP contribution in [0.2, 0.25) is 0 Å². The number of unbranched alkanes of at least 4 members (excludes halogenated alkanes) is 3. The summed E-state index contributed by atoms with van der Waals surface area (Å²) in [6, 6.07) is -0.618. The number of carbonyl (C=O) groups excluding carboxylic acids is 1. The third-order valence-corrected chi connectivity index (χ3v) is 4.00. The van der Waals surface area contributed by atoms with E-state index in [2.05, 4.69) is 6.92 Å². The standard InChI is InChI=1S/C12H21NO3S/c1-2-3-4-5-6-11(14)13-7-8-17-9-10(13)12(15)16/h10H,2-9H2,1H3,(H,15,16). The van der Waals surface area contributed by atoms with Gasteiger partial charge in [0.05, 0.1) is 0 Å². The van der Waals surface area contributed by atoms with Crippen molar-refractivity contribution >= 4 is 23.6 Å². The number of carboxylic acid groups (broad SMARTS) is 1. The van der Waals surface area contributed by atoms with Crippen LogP contribution in [-0.2, 0) is 9.59 Å². The summed E-state index contributed by atoms with van der Waals surface area (Å²) in [7, 11) is 0. The number of carboxylic acids is 1. The molecule has 0 spiro atoms. The molecule has 1 amide bonds. The third kappa shape index (κ3) is 4.58. The molecule has 1 rings (SSSR count). The van der Waals surface area contributed by atoms with E-state index in [9.17, 15) is 9.59 Å². The lowest BCUT2D eigenvalue weighted by Crippen LogP contribution is -2.50. The topological polar surface area (TPSA) is 57.6 Å². The number of aliphatic carboxylic acids is 1. The Balaban J connectivity index is 2.39. The zero-order valence-electron chi connectivity index (χ0n) is 10.4. The predicted octanol–water partition coefficient (Wildman–Crippen LogP) is 1.99. The summed E-state index contributed by atoms with van der Waals surface area (Å²) in [5, 5.41) is 9.06. The minimum Gasteiger partial charge on any atom is -0.480 e. The minimum atomic E-state index is -0.876. The Hall–Kier alpha value is -0.710. The summed E-state index contributed by atoms with van der Waals surface area (Å²) in [4.78, 5) is 24.5. The van der Waals surface area contributed by atoms with Crippen molar-refractivity contribution in [1.82, 2.24) is 4.90 Å². The molecule has 17 heavy (non-hydrogen) atoms. The van der Waals surface area contributed by atoms with Crippen molar-refractivity contribution in [3.8, 4) is 0 Å². The summed E-state index contributed by atoms with van der Waals surface area (Å²) in [5.74, 6) is 0.508. The normalized spacial score (nSPS) is 20.3. The van der Waals surface area contributed by atoms with E-state index in [1.54, 1.807) is 16.7 Å². The highest BCUT2D eigenvalue weighted by atomic mass is 32.2. The van der Waals surface area contributed by atoms with E-state index in [0.717, 1.165) is 31.4 Å². The monoisotopic (exact) mass is 259 g/mol. The molecule has 4 nitrogen and oxygen atoms in total. The highest BCUT2D eigenvalue weighted by Crippen LogP contribution is 2.18. The van der Waals surface area contributed by atoms with Gasteiger partial charge in [-0.3, -0.25) is 4.79 Å². The average Bonchev–Trinajstić information content (AvgIpc) is 2.34. The first-order valence-corrected chi connectivity index (χ1v) is 7.42. The molecular formula is C12H21NO3S. The molecule has 0 radical (unpaired) electrons. The molecule has 0 aromatic heterocycles. The van der Waals surface area contributed by atoms with Gasteiger partial charge >= 0.3 is 5.97 Å². The highest BCUT2D eigenvalue weighted by molar-refractivity contribution is 7.99. The van der Waals surface area contributed by atoms with Crippen LogP contribution in [0.5, 0.6) is 0 Å². The Kier molecular flexibility index (Phi) is 6.40. The van der Waals surface area contributed by atoms with Gasteiger partial charge < -0.3 is 10.0 Å². The molecule has 98 valence electrons. The molecule has 0 aromatic carbocycles. The van der Waals surface area contributed by atoms with Crippen LogP contribution in [0.25, 0.3) is 0 Å². The van der Waals surface area contributed by atoms with Crippen LogP contribution in [0.15, 0.2) is 0 Å². The van der Waals surface area contributed by atoms with Crippen molar-refractivity contribution in [2.45, 2.75) is 45.1 Å². The molecular weight excluding hydrogens is 238 g/mol. The summed E-state index contributed by atoms with van der Waals surface area (Å²) in [6.07, 6.45) is 4.72. The summed E-state index contributed by atoms with van der Waals surface area (Å²) in [6.45, 7) is 2.71. The number of hydrogen-bond donors (Lipinski definition) is 1. The van der Waals surface area contributed by atoms with E-state index in [4.69, 9.17) is 5.11 Å². The zero-order valence-corrected chi connectivity index (χ0v) is 11.2. The Labute approximate surface area is 107 Å². The van der Waals surface area contributed by atoms with E-state index in [1.165, 1.54) is 0 Å². The summed E-state index contributed by atoms with van der Waals surface area (Å²) in [5.41, 5.74) is 0. The molecule has 1 heterocycles. The molecule has 1 saturated heterocycles. The average molecular weight is 259 g/mol. The first-order valence-electron chi connectivity index (χ1n) is 6.26. The van der Waals surface area contributed by atoms with Crippen LogP contribution in [0.4, 0.5) is 0 Å². The summed E-state index contributed by atoms with van der Waals surface area (Å²) < 4.78 is 0. The largest absolute Gasteiger partial charge is 0.480 e. The maximum Gasteiger partial charge on any atom is 0.327 e. The van der Waals surface area contributed by atoms with Gasteiger partial charge in [-0.25, -0.2) is 4.79 Å². The van der Waals surface area contributed by atoms with Gasteiger partial charge in [0.25, 0.3) is 0 Å². The maximum atomic E-state index is 11.9. The zero-order chi connectivity index (χ0) is 12.7. The lowest BCUT2D eigenvalue weighted by atomic mass is 10.1. The molecule has 5 heteroatoms. The van der Waals surface area contributed by atoms with Gasteiger partial charge in [0.15, 0.2) is 0 Å². The number of nitrogens with zero attached hydrogens (tertiary/aromatic N) is 1. The van der Waals surface area contributed by atoms with Gasteiger partial charge in [-0.15, -0.1) is 0 Å². The Morgan fingerprint density at radius 3 is 2.76 bits per heavy atom. The van der Waals surface area contributed by atoms with E-state index >= 15 is 0 Å². The fourth-order valence-electron chi connectivity index (χ4n) is 1.95. The van der Waals surface area contributed by atoms with E-state index < -0.39 is 12.0 Å². The van der Waals surface area contributed by atoms with Crippen molar-refractivity contribution in [3.05, 3.63) is 0 Å². The molecule has 0 aliphatic carbocycles. The van der Waals surface area contributed by atoms with Crippen molar-refractivity contribution in [1.29, 1.82) is 0 Å². The van der Waals surface area contributed by atoms with E-state index in [-0.39, 0.29) is 5.91 Å². The van der Waals surface area contributed by atoms with Gasteiger partial charge in [-0.1, -0.05) is 26.2 Å². The molecule has 0 saturated carbocycles. The molecule has 1 atom stereocenters. The number of amides is 1. The quantitative estimate of drug-likeness (QED) is 0.741. The van der Waals surface area contributed by atoms with Gasteiger partial charge in [0, 0.05) is 24.5 Å². The Bertz CT molecular complexity index is 270. The van der Waals surface area contributed by atoms with Crippen LogP contribution in [0, 0.1) is 0 Å². The molecule has 1 aliphatic rings. The SMILES string of the molecule is CCCCCCC(=O)N1CCSCC1C(=O)O. The van der Waals surface area contributed by atoms with E-state index in [1.807, 2.05) is 0 Å². The van der Waals surface area contributed by atoms with Crippen LogP contribution in [0.3, 0.4) is 0 Å². The smallest absolute Gasteiger partial charge is 0.327 e. The lowest BCUT2D eigenvalue weighted by molar-refractivity contribution is -0.149. The first kappa shape index (κ1) is 14.4. The van der Waals surface area contributed by atoms with Gasteiger partial charge in [-0.2, -0.15) is 11.8 Å². The Morgan fingerprint density at radius 2 is 2.12 bits per heavy atom. The molecule has 1 unspecified atom stereocenters. The molecule has 0 bridgehead atoms. The second-order valence-corrected chi connectivity index (χ2v) is 5.48. The predicted molar refractivity (Wildman–Crippen MR) is 69.2 cm³/mol. The third-order valence-electron chi connectivity index (χ3n) is 2.98. The second kappa shape index (κ2) is 7.58. The van der Waals surface area contributed by atoms with Crippen LogP contribution in [0.1, 0.15) is 39.0 Å². The van der Waals surface area contributed by atoms with Crippen LogP contribution in [-0.4, -0.2) is 46.0 Å². The summed E-state index contributed by atoms with van der Waals surface area (Å²) >= 11 is 1.61. The number of thioether (sulfide) groups is 1. The van der Waals surface area contributed by atoms with E-state index in [0.29, 0.717) is 18.7 Å². The molecule has 1 aliphatic heterocycles. The molecule has 0 aromatic rings. The minimum absolute atomic E-state index is 0.00815. The fourth-order valence-corrected chi connectivity index (χ4v) is 2.99. The Morgan fingerprint density at radius 1 is 1.35 bits per heavy atom. The number of hydrogen-bond acceptors (Lipinski definition) is 3. The molecule has 1 N–H and O–H groups in total. The number of carbonyl (C=O) groups is 2. The van der Waals surface area contributed by atoms with Crippen molar-refractivity contribution < 1.29 is 14.7 Å². The van der Waals surface area contributed by atoms with Crippen molar-refractivity contribution in [3.63, 3.8) is 0 Å². The number of rotatable bonds is 6. The lowest BCUT2D eigenvalue weighted by Gasteiger charge is -2.32. The maximum absolute atomic E-state index is 11.9. The van der Waals surface area contributed by atoms with Gasteiger partial charge in [0.1, 0.15) is 6.04 Å². The first-order chi connectivity index (χ1) is 8.16. The van der Waals surface area contributed by atoms with Crippen molar-refractivity contribution in [2.24, 2.45) is 0 Å². The second-order valence-electron chi connectivity index (χ2n) is 4.33. The van der Waals surface area contributed by atoms with Crippen LogP contribution >= 0.6 is 11.8 Å².